The number of ether oxygens (including phenoxy) is 4. The van der Waals surface area contributed by atoms with Crippen LogP contribution in [0, 0.1) is 0 Å². The number of hydrogen-bond donors (Lipinski definition) is 2. The van der Waals surface area contributed by atoms with Gasteiger partial charge in [-0.1, -0.05) is 6.07 Å². The number of likely N-dealkylation sites (N-methyl/N-ethyl adjacent to an activating group) is 2. The first-order valence-corrected chi connectivity index (χ1v) is 10.9. The molecule has 0 saturated carbocycles. The predicted molar refractivity (Wildman–Crippen MR) is 113 cm³/mol. The maximum atomic E-state index is 10.4. The lowest BCUT2D eigenvalue weighted by Crippen LogP contribution is -2.56. The fraction of sp³-hybridized carbons (Fsp3) is 0.727. The Hall–Kier alpha value is -1.42. The third-order valence-corrected chi connectivity index (χ3v) is 6.10. The molecule has 0 aliphatic carbocycles. The Bertz CT molecular complexity index is 595. The zero-order valence-corrected chi connectivity index (χ0v) is 18.4. The van der Waals surface area contributed by atoms with E-state index in [-0.39, 0.29) is 13.2 Å². The smallest absolute Gasteiger partial charge is 0.137 e. The molecule has 2 saturated heterocycles. The van der Waals surface area contributed by atoms with Crippen LogP contribution < -0.4 is 9.47 Å². The van der Waals surface area contributed by atoms with Crippen LogP contribution in [0.5, 0.6) is 11.5 Å². The molecule has 2 unspecified atom stereocenters. The van der Waals surface area contributed by atoms with E-state index in [2.05, 4.69) is 14.1 Å². The van der Waals surface area contributed by atoms with Gasteiger partial charge in [0.1, 0.15) is 76.2 Å². The summed E-state index contributed by atoms with van der Waals surface area (Å²) in [6.45, 7) is 8.35. The summed E-state index contributed by atoms with van der Waals surface area (Å²) >= 11 is 0. The number of quaternary nitrogens is 2. The number of aliphatic hydroxyl groups excluding tert-OH is 2. The lowest BCUT2D eigenvalue weighted by atomic mass is 10.2. The first kappa shape index (κ1) is 23.2. The van der Waals surface area contributed by atoms with Crippen molar-refractivity contribution in [1.29, 1.82) is 0 Å². The fourth-order valence-electron chi connectivity index (χ4n) is 4.09. The lowest BCUT2D eigenvalue weighted by Gasteiger charge is -2.38. The van der Waals surface area contributed by atoms with Crippen LogP contribution >= 0.6 is 0 Å². The van der Waals surface area contributed by atoms with Crippen LogP contribution in [0.4, 0.5) is 0 Å². The zero-order valence-electron chi connectivity index (χ0n) is 18.4. The molecule has 2 fully saturated rings. The molecule has 2 aliphatic rings. The lowest BCUT2D eigenvalue weighted by molar-refractivity contribution is -0.919. The maximum absolute atomic E-state index is 10.4. The zero-order chi connectivity index (χ0) is 21.5. The van der Waals surface area contributed by atoms with Crippen molar-refractivity contribution in [2.75, 3.05) is 93.0 Å². The normalized spacial score (nSPS) is 22.8. The van der Waals surface area contributed by atoms with E-state index in [0.29, 0.717) is 24.6 Å². The summed E-state index contributed by atoms with van der Waals surface area (Å²) in [6.07, 6.45) is -1.09. The molecule has 2 aliphatic heterocycles. The SMILES string of the molecule is C[N+]1(CC(O)COc2cccc(OCC(O)C[N+]3(C)CCOCC3)c2)CCOCC1. The Morgan fingerprint density at radius 3 is 1.60 bits per heavy atom. The molecule has 170 valence electrons. The van der Waals surface area contributed by atoms with Crippen LogP contribution in [0.15, 0.2) is 24.3 Å². The highest BCUT2D eigenvalue weighted by Crippen LogP contribution is 2.20. The number of morpholine rings is 2. The summed E-state index contributed by atoms with van der Waals surface area (Å²) in [6, 6.07) is 7.35. The topological polar surface area (TPSA) is 77.4 Å². The minimum absolute atomic E-state index is 0.235. The summed E-state index contributed by atoms with van der Waals surface area (Å²) in [4.78, 5) is 0. The molecule has 2 N–H and O–H groups in total. The number of nitrogens with zero attached hydrogens (tertiary/aromatic N) is 2. The molecule has 3 rings (SSSR count). The molecule has 1 aromatic carbocycles. The van der Waals surface area contributed by atoms with Crippen molar-refractivity contribution in [3.63, 3.8) is 0 Å². The maximum Gasteiger partial charge on any atom is 0.137 e. The third kappa shape index (κ3) is 7.37. The van der Waals surface area contributed by atoms with Crippen LogP contribution in [-0.4, -0.2) is 124 Å². The molecule has 2 atom stereocenters. The molecular formula is C22H38N2O6+2. The van der Waals surface area contributed by atoms with Gasteiger partial charge >= 0.3 is 0 Å². The number of aliphatic hydroxyl groups is 2. The van der Waals surface area contributed by atoms with Gasteiger partial charge in [0.25, 0.3) is 0 Å². The van der Waals surface area contributed by atoms with Crippen LogP contribution in [0.3, 0.4) is 0 Å². The van der Waals surface area contributed by atoms with E-state index >= 15 is 0 Å². The molecule has 8 nitrogen and oxygen atoms in total. The first-order chi connectivity index (χ1) is 14.4. The van der Waals surface area contributed by atoms with Gasteiger partial charge in [-0.25, -0.2) is 0 Å². The van der Waals surface area contributed by atoms with E-state index in [1.807, 2.05) is 18.2 Å². The monoisotopic (exact) mass is 426 g/mol. The highest BCUT2D eigenvalue weighted by molar-refractivity contribution is 5.32. The van der Waals surface area contributed by atoms with Crippen molar-refractivity contribution in [2.24, 2.45) is 0 Å². The molecule has 8 heteroatoms. The average Bonchev–Trinajstić information content (AvgIpc) is 2.71. The predicted octanol–water partition coefficient (Wildman–Crippen LogP) is 0.120. The quantitative estimate of drug-likeness (QED) is 0.518. The number of benzene rings is 1. The summed E-state index contributed by atoms with van der Waals surface area (Å²) < 4.78 is 24.0. The van der Waals surface area contributed by atoms with Gasteiger partial charge in [-0.05, 0) is 12.1 Å². The molecule has 0 amide bonds. The van der Waals surface area contributed by atoms with Gasteiger partial charge in [0.2, 0.25) is 0 Å². The van der Waals surface area contributed by atoms with Crippen LogP contribution in [0.25, 0.3) is 0 Å². The molecule has 0 bridgehead atoms. The summed E-state index contributed by atoms with van der Waals surface area (Å²) in [7, 11) is 4.29. The van der Waals surface area contributed by atoms with E-state index in [1.165, 1.54) is 0 Å². The molecule has 2 heterocycles. The minimum atomic E-state index is -0.544. The van der Waals surface area contributed by atoms with Crippen molar-refractivity contribution in [1.82, 2.24) is 0 Å². The van der Waals surface area contributed by atoms with E-state index in [9.17, 15) is 10.2 Å². The second-order valence-corrected chi connectivity index (χ2v) is 9.13. The van der Waals surface area contributed by atoms with Gasteiger partial charge in [-0.3, -0.25) is 0 Å². The molecule has 0 aromatic heterocycles. The Morgan fingerprint density at radius 1 is 0.800 bits per heavy atom. The Labute approximate surface area is 179 Å². The molecular weight excluding hydrogens is 388 g/mol. The average molecular weight is 427 g/mol. The van der Waals surface area contributed by atoms with Gasteiger partial charge in [0.15, 0.2) is 0 Å². The summed E-state index contributed by atoms with van der Waals surface area (Å²) in [5.74, 6) is 1.30. The standard InChI is InChI=1S/C22H38N2O6/c1-23(6-10-27-11-7-23)15-19(25)17-29-21-4-3-5-22(14-21)30-18-20(26)16-24(2)8-12-28-13-9-24/h3-5,14,19-20,25-26H,6-13,15-18H2,1-2H3/q+2. The minimum Gasteiger partial charge on any atom is -0.491 e. The molecule has 1 aromatic rings. The van der Waals surface area contributed by atoms with Crippen molar-refractivity contribution >= 4 is 0 Å². The van der Waals surface area contributed by atoms with E-state index < -0.39 is 12.2 Å². The van der Waals surface area contributed by atoms with E-state index in [0.717, 1.165) is 61.6 Å². The van der Waals surface area contributed by atoms with Gasteiger partial charge in [0.05, 0.1) is 40.5 Å². The van der Waals surface area contributed by atoms with Gasteiger partial charge in [-0.2, -0.15) is 0 Å². The van der Waals surface area contributed by atoms with Crippen LogP contribution in [-0.2, 0) is 9.47 Å². The van der Waals surface area contributed by atoms with E-state index in [4.69, 9.17) is 18.9 Å². The third-order valence-electron chi connectivity index (χ3n) is 6.10. The van der Waals surface area contributed by atoms with Crippen molar-refractivity contribution < 1.29 is 38.1 Å². The number of rotatable bonds is 10. The van der Waals surface area contributed by atoms with E-state index in [1.54, 1.807) is 6.07 Å². The van der Waals surface area contributed by atoms with Crippen molar-refractivity contribution in [2.45, 2.75) is 12.2 Å². The highest BCUT2D eigenvalue weighted by Gasteiger charge is 2.29. The van der Waals surface area contributed by atoms with Crippen molar-refractivity contribution in [3.8, 4) is 11.5 Å². The summed E-state index contributed by atoms with van der Waals surface area (Å²) in [5, 5.41) is 20.8. The van der Waals surface area contributed by atoms with Gasteiger partial charge < -0.3 is 38.1 Å². The Balaban J connectivity index is 1.41. The largest absolute Gasteiger partial charge is 0.491 e. The van der Waals surface area contributed by atoms with Gasteiger partial charge in [-0.15, -0.1) is 0 Å². The Kier molecular flexibility index (Phi) is 8.33. The van der Waals surface area contributed by atoms with Gasteiger partial charge in [0, 0.05) is 6.07 Å². The summed E-state index contributed by atoms with van der Waals surface area (Å²) in [5.41, 5.74) is 0. The highest BCUT2D eigenvalue weighted by atomic mass is 16.5. The van der Waals surface area contributed by atoms with Crippen LogP contribution in [0.1, 0.15) is 0 Å². The molecule has 0 spiro atoms. The second kappa shape index (κ2) is 10.7. The molecule has 0 radical (unpaired) electrons. The first-order valence-electron chi connectivity index (χ1n) is 10.9. The second-order valence-electron chi connectivity index (χ2n) is 9.13. The number of hydrogen-bond acceptors (Lipinski definition) is 6. The fourth-order valence-corrected chi connectivity index (χ4v) is 4.09. The van der Waals surface area contributed by atoms with Crippen molar-refractivity contribution in [3.05, 3.63) is 24.3 Å². The Morgan fingerprint density at radius 2 is 1.20 bits per heavy atom. The van der Waals surface area contributed by atoms with Crippen LogP contribution in [0.2, 0.25) is 0 Å². The molecule has 30 heavy (non-hydrogen) atoms.